The largest absolute Gasteiger partial charge is 0.508 e. The van der Waals surface area contributed by atoms with Crippen molar-refractivity contribution in [2.45, 2.75) is 20.3 Å². The molecule has 3 heteroatoms. The highest BCUT2D eigenvalue weighted by atomic mass is 16.3. The van der Waals surface area contributed by atoms with E-state index in [0.29, 0.717) is 5.75 Å². The number of fused-ring (bicyclic) bond motifs is 1. The number of aromatic hydroxyl groups is 1. The SMILES string of the molecule is Cc1ccc2c(n1)N(c1ccc(O)cc1C)CC2. The number of nitrogens with zero attached hydrogens (tertiary/aromatic N) is 2. The summed E-state index contributed by atoms with van der Waals surface area (Å²) in [5.41, 5.74) is 4.54. The molecule has 0 spiro atoms. The van der Waals surface area contributed by atoms with E-state index in [1.807, 2.05) is 19.9 Å². The van der Waals surface area contributed by atoms with Crippen molar-refractivity contribution in [2.75, 3.05) is 11.4 Å². The molecule has 0 saturated heterocycles. The molecule has 2 heterocycles. The lowest BCUT2D eigenvalue weighted by molar-refractivity contribution is 0.475. The highest BCUT2D eigenvalue weighted by molar-refractivity contribution is 5.69. The maximum absolute atomic E-state index is 9.49. The monoisotopic (exact) mass is 240 g/mol. The molecule has 0 amide bonds. The van der Waals surface area contributed by atoms with Crippen LogP contribution in [0.1, 0.15) is 16.8 Å². The van der Waals surface area contributed by atoms with E-state index in [-0.39, 0.29) is 0 Å². The molecule has 1 aliphatic rings. The van der Waals surface area contributed by atoms with Crippen molar-refractivity contribution < 1.29 is 5.11 Å². The zero-order chi connectivity index (χ0) is 12.7. The Balaban J connectivity index is 2.08. The number of pyridine rings is 1. The van der Waals surface area contributed by atoms with Gasteiger partial charge in [0.05, 0.1) is 0 Å². The Kier molecular flexibility index (Phi) is 2.47. The molecule has 3 rings (SSSR count). The summed E-state index contributed by atoms with van der Waals surface area (Å²) in [6.07, 6.45) is 1.03. The fourth-order valence-corrected chi connectivity index (χ4v) is 2.52. The van der Waals surface area contributed by atoms with E-state index >= 15 is 0 Å². The van der Waals surface area contributed by atoms with Crippen LogP contribution in [0.3, 0.4) is 0 Å². The summed E-state index contributed by atoms with van der Waals surface area (Å²) >= 11 is 0. The van der Waals surface area contributed by atoms with Gasteiger partial charge in [0.25, 0.3) is 0 Å². The van der Waals surface area contributed by atoms with E-state index in [1.165, 1.54) is 5.56 Å². The van der Waals surface area contributed by atoms with E-state index in [1.54, 1.807) is 12.1 Å². The Hall–Kier alpha value is -2.03. The van der Waals surface area contributed by atoms with Crippen molar-refractivity contribution in [1.29, 1.82) is 0 Å². The summed E-state index contributed by atoms with van der Waals surface area (Å²) in [7, 11) is 0. The molecule has 0 radical (unpaired) electrons. The molecule has 3 nitrogen and oxygen atoms in total. The number of aromatic nitrogens is 1. The first-order chi connectivity index (χ1) is 8.65. The van der Waals surface area contributed by atoms with Crippen LogP contribution in [0.5, 0.6) is 5.75 Å². The maximum atomic E-state index is 9.49. The zero-order valence-electron chi connectivity index (χ0n) is 10.6. The van der Waals surface area contributed by atoms with Gasteiger partial charge in [-0.2, -0.15) is 0 Å². The van der Waals surface area contributed by atoms with Crippen molar-refractivity contribution in [1.82, 2.24) is 4.98 Å². The second-order valence-corrected chi connectivity index (χ2v) is 4.81. The van der Waals surface area contributed by atoms with Crippen molar-refractivity contribution in [3.8, 4) is 5.75 Å². The summed E-state index contributed by atoms with van der Waals surface area (Å²) in [5, 5.41) is 9.49. The van der Waals surface area contributed by atoms with Crippen molar-refractivity contribution in [3.05, 3.63) is 47.2 Å². The second-order valence-electron chi connectivity index (χ2n) is 4.81. The molecule has 1 N–H and O–H groups in total. The van der Waals surface area contributed by atoms with Gasteiger partial charge in [-0.15, -0.1) is 0 Å². The van der Waals surface area contributed by atoms with E-state index in [0.717, 1.165) is 35.7 Å². The van der Waals surface area contributed by atoms with Crippen molar-refractivity contribution in [2.24, 2.45) is 0 Å². The van der Waals surface area contributed by atoms with Gasteiger partial charge in [0, 0.05) is 17.9 Å². The van der Waals surface area contributed by atoms with Crippen LogP contribution in [-0.4, -0.2) is 16.6 Å². The molecule has 0 bridgehead atoms. The number of phenols is 1. The standard InChI is InChI=1S/C15H16N2O/c1-10-9-13(18)5-6-14(10)17-8-7-12-4-3-11(2)16-15(12)17/h3-6,9,18H,7-8H2,1-2H3. The first-order valence-corrected chi connectivity index (χ1v) is 6.19. The minimum absolute atomic E-state index is 0.313. The van der Waals surface area contributed by atoms with Crippen LogP contribution in [0.15, 0.2) is 30.3 Å². The molecule has 92 valence electrons. The number of hydrogen-bond acceptors (Lipinski definition) is 3. The fraction of sp³-hybridized carbons (Fsp3) is 0.267. The summed E-state index contributed by atoms with van der Waals surface area (Å²) in [6, 6.07) is 9.71. The Bertz CT molecular complexity index is 607. The lowest BCUT2D eigenvalue weighted by atomic mass is 10.1. The van der Waals surface area contributed by atoms with Crippen LogP contribution in [0.25, 0.3) is 0 Å². The minimum atomic E-state index is 0.313. The van der Waals surface area contributed by atoms with Gasteiger partial charge in [-0.05, 0) is 55.7 Å². The Morgan fingerprint density at radius 2 is 2.00 bits per heavy atom. The van der Waals surface area contributed by atoms with Crippen molar-refractivity contribution in [3.63, 3.8) is 0 Å². The first-order valence-electron chi connectivity index (χ1n) is 6.19. The lowest BCUT2D eigenvalue weighted by Crippen LogP contribution is -2.15. The normalized spacial score (nSPS) is 13.8. The molecule has 2 aromatic rings. The molecule has 0 atom stereocenters. The quantitative estimate of drug-likeness (QED) is 0.832. The van der Waals surface area contributed by atoms with Crippen LogP contribution in [-0.2, 0) is 6.42 Å². The van der Waals surface area contributed by atoms with Crippen LogP contribution in [0.4, 0.5) is 11.5 Å². The molecule has 18 heavy (non-hydrogen) atoms. The van der Waals surface area contributed by atoms with E-state index in [2.05, 4.69) is 22.0 Å². The predicted molar refractivity (Wildman–Crippen MR) is 72.5 cm³/mol. The third kappa shape index (κ3) is 1.72. The molecule has 1 aliphatic heterocycles. The highest BCUT2D eigenvalue weighted by Gasteiger charge is 2.23. The van der Waals surface area contributed by atoms with Crippen LogP contribution >= 0.6 is 0 Å². The van der Waals surface area contributed by atoms with Crippen LogP contribution < -0.4 is 4.90 Å². The Labute approximate surface area is 107 Å². The fourth-order valence-electron chi connectivity index (χ4n) is 2.52. The summed E-state index contributed by atoms with van der Waals surface area (Å²) < 4.78 is 0. The second kappa shape index (κ2) is 4.02. The van der Waals surface area contributed by atoms with E-state index in [9.17, 15) is 5.11 Å². The predicted octanol–water partition coefficient (Wildman–Crippen LogP) is 3.10. The van der Waals surface area contributed by atoms with Gasteiger partial charge in [-0.1, -0.05) is 6.07 Å². The summed E-state index contributed by atoms with van der Waals surface area (Å²) in [5.74, 6) is 1.37. The van der Waals surface area contributed by atoms with Gasteiger partial charge in [-0.25, -0.2) is 4.98 Å². The number of benzene rings is 1. The van der Waals surface area contributed by atoms with Gasteiger partial charge < -0.3 is 10.0 Å². The number of hydrogen-bond donors (Lipinski definition) is 1. The molecule has 0 saturated carbocycles. The van der Waals surface area contributed by atoms with Crippen LogP contribution in [0.2, 0.25) is 0 Å². The molecular formula is C15H16N2O. The number of phenolic OH excluding ortho intramolecular Hbond substituents is 1. The molecule has 0 fully saturated rings. The summed E-state index contributed by atoms with van der Waals surface area (Å²) in [6.45, 7) is 4.99. The van der Waals surface area contributed by atoms with Gasteiger partial charge in [0.2, 0.25) is 0 Å². The van der Waals surface area contributed by atoms with Crippen molar-refractivity contribution >= 4 is 11.5 Å². The average molecular weight is 240 g/mol. The first kappa shape index (κ1) is 11.1. The average Bonchev–Trinajstić information content (AvgIpc) is 2.72. The van der Waals surface area contributed by atoms with E-state index < -0.39 is 0 Å². The zero-order valence-corrected chi connectivity index (χ0v) is 10.6. The molecule has 0 aliphatic carbocycles. The highest BCUT2D eigenvalue weighted by Crippen LogP contribution is 2.35. The Morgan fingerprint density at radius 1 is 1.17 bits per heavy atom. The van der Waals surface area contributed by atoms with Gasteiger partial charge in [0.1, 0.15) is 11.6 Å². The third-order valence-electron chi connectivity index (χ3n) is 3.43. The summed E-state index contributed by atoms with van der Waals surface area (Å²) in [4.78, 5) is 6.87. The van der Waals surface area contributed by atoms with Gasteiger partial charge in [0.15, 0.2) is 0 Å². The van der Waals surface area contributed by atoms with Gasteiger partial charge in [-0.3, -0.25) is 0 Å². The number of aryl methyl sites for hydroxylation is 2. The minimum Gasteiger partial charge on any atom is -0.508 e. The third-order valence-corrected chi connectivity index (χ3v) is 3.43. The molecule has 1 aromatic carbocycles. The number of anilines is 2. The molecule has 1 aromatic heterocycles. The maximum Gasteiger partial charge on any atom is 0.136 e. The Morgan fingerprint density at radius 3 is 2.78 bits per heavy atom. The number of rotatable bonds is 1. The smallest absolute Gasteiger partial charge is 0.136 e. The van der Waals surface area contributed by atoms with E-state index in [4.69, 9.17) is 0 Å². The molecular weight excluding hydrogens is 224 g/mol. The van der Waals surface area contributed by atoms with Gasteiger partial charge >= 0.3 is 0 Å². The lowest BCUT2D eigenvalue weighted by Gasteiger charge is -2.21. The molecule has 0 unspecified atom stereocenters. The topological polar surface area (TPSA) is 36.4 Å². The van der Waals surface area contributed by atoms with Crippen LogP contribution in [0, 0.1) is 13.8 Å².